The minimum atomic E-state index is -3.70. The van der Waals surface area contributed by atoms with Gasteiger partial charge in [-0.2, -0.15) is 4.31 Å². The summed E-state index contributed by atoms with van der Waals surface area (Å²) in [6.45, 7) is 2.41. The Morgan fingerprint density at radius 3 is 2.29 bits per heavy atom. The standard InChI is InChI=1S/C17H25ClN2O3S/c1-3-20(15-7-5-4-6-8-15)17(21)13-19(2)24(22,23)16-11-9-14(18)10-12-16/h9-12,15H,3-8,13H2,1-2H3. The van der Waals surface area contributed by atoms with E-state index >= 15 is 0 Å². The van der Waals surface area contributed by atoms with Crippen molar-refractivity contribution >= 4 is 27.5 Å². The van der Waals surface area contributed by atoms with Crippen molar-refractivity contribution < 1.29 is 13.2 Å². The molecule has 24 heavy (non-hydrogen) atoms. The Balaban J connectivity index is 2.07. The van der Waals surface area contributed by atoms with E-state index in [2.05, 4.69) is 0 Å². The highest BCUT2D eigenvalue weighted by Gasteiger charge is 2.28. The molecule has 1 saturated carbocycles. The van der Waals surface area contributed by atoms with Gasteiger partial charge in [0.15, 0.2) is 0 Å². The van der Waals surface area contributed by atoms with Crippen LogP contribution in [0.5, 0.6) is 0 Å². The molecule has 0 saturated heterocycles. The minimum absolute atomic E-state index is 0.135. The monoisotopic (exact) mass is 372 g/mol. The Morgan fingerprint density at radius 1 is 1.17 bits per heavy atom. The van der Waals surface area contributed by atoms with Crippen LogP contribution in [0.1, 0.15) is 39.0 Å². The lowest BCUT2D eigenvalue weighted by Crippen LogP contribution is -2.46. The molecule has 1 aromatic rings. The van der Waals surface area contributed by atoms with E-state index in [1.807, 2.05) is 11.8 Å². The van der Waals surface area contributed by atoms with Crippen LogP contribution in [-0.2, 0) is 14.8 Å². The second kappa shape index (κ2) is 8.32. The van der Waals surface area contributed by atoms with Crippen molar-refractivity contribution in [2.45, 2.75) is 50.0 Å². The van der Waals surface area contributed by atoms with Crippen LogP contribution in [0.2, 0.25) is 5.02 Å². The van der Waals surface area contributed by atoms with Crippen molar-refractivity contribution in [1.82, 2.24) is 9.21 Å². The molecule has 2 rings (SSSR count). The number of hydrogen-bond donors (Lipinski definition) is 0. The average molecular weight is 373 g/mol. The van der Waals surface area contributed by atoms with Gasteiger partial charge < -0.3 is 4.90 Å². The Hall–Kier alpha value is -1.11. The highest BCUT2D eigenvalue weighted by molar-refractivity contribution is 7.89. The lowest BCUT2D eigenvalue weighted by molar-refractivity contribution is -0.133. The van der Waals surface area contributed by atoms with Crippen LogP contribution in [0.4, 0.5) is 0 Å². The second-order valence-corrected chi connectivity index (χ2v) is 8.67. The van der Waals surface area contributed by atoms with Crippen LogP contribution >= 0.6 is 11.6 Å². The first-order valence-electron chi connectivity index (χ1n) is 8.37. The van der Waals surface area contributed by atoms with Crippen LogP contribution < -0.4 is 0 Å². The first-order valence-corrected chi connectivity index (χ1v) is 10.2. The summed E-state index contributed by atoms with van der Waals surface area (Å²) in [5.74, 6) is -0.135. The molecule has 7 heteroatoms. The van der Waals surface area contributed by atoms with E-state index in [0.717, 1.165) is 30.0 Å². The van der Waals surface area contributed by atoms with Crippen molar-refractivity contribution in [1.29, 1.82) is 0 Å². The van der Waals surface area contributed by atoms with Gasteiger partial charge in [-0.3, -0.25) is 4.79 Å². The first kappa shape index (κ1) is 19.2. The number of amides is 1. The van der Waals surface area contributed by atoms with Gasteiger partial charge in [0, 0.05) is 24.7 Å². The minimum Gasteiger partial charge on any atom is -0.339 e. The third-order valence-electron chi connectivity index (χ3n) is 4.56. The third kappa shape index (κ3) is 4.49. The number of sulfonamides is 1. The summed E-state index contributed by atoms with van der Waals surface area (Å²) < 4.78 is 26.3. The van der Waals surface area contributed by atoms with Gasteiger partial charge in [0.05, 0.1) is 11.4 Å². The number of hydrogen-bond acceptors (Lipinski definition) is 3. The van der Waals surface area contributed by atoms with Crippen molar-refractivity contribution in [3.63, 3.8) is 0 Å². The first-order chi connectivity index (χ1) is 11.4. The summed E-state index contributed by atoms with van der Waals surface area (Å²) in [7, 11) is -2.26. The Labute approximate surface area is 149 Å². The van der Waals surface area contributed by atoms with E-state index in [1.165, 1.54) is 37.7 Å². The zero-order valence-corrected chi connectivity index (χ0v) is 15.8. The number of nitrogens with zero attached hydrogens (tertiary/aromatic N) is 2. The molecule has 1 aliphatic carbocycles. The number of carbonyl (C=O) groups is 1. The Morgan fingerprint density at radius 2 is 1.75 bits per heavy atom. The molecule has 0 N–H and O–H groups in total. The lowest BCUT2D eigenvalue weighted by Gasteiger charge is -2.34. The highest BCUT2D eigenvalue weighted by Crippen LogP contribution is 2.23. The average Bonchev–Trinajstić information content (AvgIpc) is 2.57. The zero-order valence-electron chi connectivity index (χ0n) is 14.2. The molecule has 134 valence electrons. The maximum Gasteiger partial charge on any atom is 0.243 e. The molecule has 0 unspecified atom stereocenters. The van der Waals surface area contributed by atoms with Crippen LogP contribution in [-0.4, -0.2) is 49.7 Å². The van der Waals surface area contributed by atoms with Gasteiger partial charge in [-0.1, -0.05) is 30.9 Å². The normalized spacial score (nSPS) is 16.3. The topological polar surface area (TPSA) is 57.7 Å². The number of carbonyl (C=O) groups excluding carboxylic acids is 1. The van der Waals surface area contributed by atoms with Crippen LogP contribution in [0.25, 0.3) is 0 Å². The van der Waals surface area contributed by atoms with Crippen LogP contribution in [0.15, 0.2) is 29.2 Å². The van der Waals surface area contributed by atoms with E-state index in [-0.39, 0.29) is 23.4 Å². The van der Waals surface area contributed by atoms with Gasteiger partial charge in [0.2, 0.25) is 15.9 Å². The summed E-state index contributed by atoms with van der Waals surface area (Å²) in [6, 6.07) is 6.21. The number of likely N-dealkylation sites (N-methyl/N-ethyl adjacent to an activating group) is 2. The summed E-state index contributed by atoms with van der Waals surface area (Å²) in [6.07, 6.45) is 5.49. The van der Waals surface area contributed by atoms with Gasteiger partial charge >= 0.3 is 0 Å². The molecule has 5 nitrogen and oxygen atoms in total. The largest absolute Gasteiger partial charge is 0.339 e. The van der Waals surface area contributed by atoms with Gasteiger partial charge in [-0.25, -0.2) is 8.42 Å². The maximum absolute atomic E-state index is 12.6. The quantitative estimate of drug-likeness (QED) is 0.770. The van der Waals surface area contributed by atoms with Crippen LogP contribution in [0, 0.1) is 0 Å². The van der Waals surface area contributed by atoms with Gasteiger partial charge in [0.1, 0.15) is 0 Å². The predicted molar refractivity (Wildman–Crippen MR) is 95.5 cm³/mol. The van der Waals surface area contributed by atoms with Crippen LogP contribution in [0.3, 0.4) is 0 Å². The molecular weight excluding hydrogens is 348 g/mol. The second-order valence-electron chi connectivity index (χ2n) is 6.19. The molecule has 0 atom stereocenters. The summed E-state index contributed by atoms with van der Waals surface area (Å²) in [5.41, 5.74) is 0. The van der Waals surface area contributed by atoms with Gasteiger partial charge in [-0.15, -0.1) is 0 Å². The molecule has 0 heterocycles. The van der Waals surface area contributed by atoms with E-state index in [1.54, 1.807) is 0 Å². The lowest BCUT2D eigenvalue weighted by atomic mass is 9.94. The van der Waals surface area contributed by atoms with Crippen molar-refractivity contribution in [3.8, 4) is 0 Å². The number of benzene rings is 1. The molecule has 1 amide bonds. The molecule has 1 fully saturated rings. The van der Waals surface area contributed by atoms with E-state index in [9.17, 15) is 13.2 Å². The SMILES string of the molecule is CCN(C(=O)CN(C)S(=O)(=O)c1ccc(Cl)cc1)C1CCCCC1. The van der Waals surface area contributed by atoms with Gasteiger partial charge in [0.25, 0.3) is 0 Å². The molecule has 1 aliphatic rings. The zero-order chi connectivity index (χ0) is 17.7. The number of halogens is 1. The van der Waals surface area contributed by atoms with Gasteiger partial charge in [-0.05, 0) is 44.0 Å². The highest BCUT2D eigenvalue weighted by atomic mass is 35.5. The third-order valence-corrected chi connectivity index (χ3v) is 6.63. The summed E-state index contributed by atoms with van der Waals surface area (Å²) in [5, 5.41) is 0.474. The molecular formula is C17H25ClN2O3S. The molecule has 0 spiro atoms. The summed E-state index contributed by atoms with van der Waals surface area (Å²) >= 11 is 5.80. The fourth-order valence-corrected chi connectivity index (χ4v) is 4.43. The molecule has 0 radical (unpaired) electrons. The van der Waals surface area contributed by atoms with Crippen molar-refractivity contribution in [3.05, 3.63) is 29.3 Å². The fraction of sp³-hybridized carbons (Fsp3) is 0.588. The van der Waals surface area contributed by atoms with E-state index in [4.69, 9.17) is 11.6 Å². The Kier molecular flexibility index (Phi) is 6.66. The fourth-order valence-electron chi connectivity index (χ4n) is 3.18. The number of rotatable bonds is 6. The smallest absolute Gasteiger partial charge is 0.243 e. The molecule has 1 aromatic carbocycles. The maximum atomic E-state index is 12.6. The molecule has 0 aromatic heterocycles. The molecule has 0 bridgehead atoms. The van der Waals surface area contributed by atoms with E-state index < -0.39 is 10.0 Å². The predicted octanol–water partition coefficient (Wildman–Crippen LogP) is 3.14. The van der Waals surface area contributed by atoms with Crippen molar-refractivity contribution in [2.24, 2.45) is 0 Å². The summed E-state index contributed by atoms with van der Waals surface area (Å²) in [4.78, 5) is 14.6. The Bertz CT molecular complexity index is 655. The van der Waals surface area contributed by atoms with E-state index in [0.29, 0.717) is 11.6 Å². The van der Waals surface area contributed by atoms with Crippen molar-refractivity contribution in [2.75, 3.05) is 20.1 Å². The molecule has 0 aliphatic heterocycles.